The summed E-state index contributed by atoms with van der Waals surface area (Å²) in [6.07, 6.45) is -21.4. The first-order valence-corrected chi connectivity index (χ1v) is 13.2. The number of carbonyl (C=O) groups is 2. The van der Waals surface area contributed by atoms with Crippen LogP contribution in [0.15, 0.2) is 0 Å². The maximum Gasteiger partial charge on any atom is 2.00 e. The van der Waals surface area contributed by atoms with Crippen molar-refractivity contribution in [3.8, 4) is 0 Å². The SMILES string of the molecule is CCCCOC(C(=O)[O-])C(O)C(O)C(O)C(O)C(O)CO.CCCCOC(C(=O)[O-])C(O)C(O)C(O)C(O)C(O)CO.[Sn+2]. The molecule has 0 aromatic carbocycles. The Morgan fingerprint density at radius 1 is 0.535 bits per heavy atom. The van der Waals surface area contributed by atoms with Crippen molar-refractivity contribution in [3.05, 3.63) is 0 Å². The summed E-state index contributed by atoms with van der Waals surface area (Å²) in [6.45, 7) is 1.88. The molecule has 0 saturated heterocycles. The van der Waals surface area contributed by atoms with Gasteiger partial charge in [0.25, 0.3) is 0 Å². The molecule has 0 saturated carbocycles. The molecule has 254 valence electrons. The Morgan fingerprint density at radius 2 is 0.791 bits per heavy atom. The van der Waals surface area contributed by atoms with Gasteiger partial charge in [0.15, 0.2) is 0 Å². The van der Waals surface area contributed by atoms with Crippen molar-refractivity contribution in [1.82, 2.24) is 0 Å². The summed E-state index contributed by atoms with van der Waals surface area (Å²) in [4.78, 5) is 21.8. The zero-order chi connectivity index (χ0) is 33.2. The van der Waals surface area contributed by atoms with Gasteiger partial charge in [-0.2, -0.15) is 0 Å². The van der Waals surface area contributed by atoms with Crippen LogP contribution in [0.4, 0.5) is 0 Å². The first kappa shape index (κ1) is 46.6. The van der Waals surface area contributed by atoms with Gasteiger partial charge in [-0.1, -0.05) is 26.7 Å². The molecule has 0 aliphatic heterocycles. The quantitative estimate of drug-likeness (QED) is 0.0362. The van der Waals surface area contributed by atoms with Crippen molar-refractivity contribution in [3.63, 3.8) is 0 Å². The fraction of sp³-hybridized carbons (Fsp3) is 0.917. The third-order valence-corrected chi connectivity index (χ3v) is 5.94. The Balaban J connectivity index is -0.000000727. The van der Waals surface area contributed by atoms with Gasteiger partial charge in [0.1, 0.15) is 73.2 Å². The van der Waals surface area contributed by atoms with Crippen LogP contribution >= 0.6 is 0 Å². The Bertz CT molecular complexity index is 662. The van der Waals surface area contributed by atoms with Gasteiger partial charge in [0.05, 0.1) is 25.2 Å². The van der Waals surface area contributed by atoms with Crippen molar-refractivity contribution >= 4 is 35.8 Å². The summed E-state index contributed by atoms with van der Waals surface area (Å²) in [6, 6.07) is 0. The van der Waals surface area contributed by atoms with E-state index in [4.69, 9.17) is 29.9 Å². The molecule has 2 radical (unpaired) electrons. The second-order valence-corrected chi connectivity index (χ2v) is 9.35. The normalized spacial score (nSPS) is 19.9. The molecule has 19 heteroatoms. The summed E-state index contributed by atoms with van der Waals surface area (Å²) in [5, 5.41) is 134. The average Bonchev–Trinajstić information content (AvgIpc) is 2.97. The van der Waals surface area contributed by atoms with Crippen molar-refractivity contribution < 1.29 is 90.6 Å². The molecule has 0 fully saturated rings. The van der Waals surface area contributed by atoms with Crippen molar-refractivity contribution in [2.45, 2.75) is 113 Å². The Labute approximate surface area is 265 Å². The van der Waals surface area contributed by atoms with Crippen LogP contribution in [0.1, 0.15) is 39.5 Å². The predicted molar refractivity (Wildman–Crippen MR) is 139 cm³/mol. The molecule has 12 N–H and O–H groups in total. The molecule has 0 bridgehead atoms. The summed E-state index contributed by atoms with van der Waals surface area (Å²) in [5.74, 6) is -3.58. The average molecular weight is 741 g/mol. The molecular formula is C24H46O18Sn. The molecule has 0 aliphatic rings. The number of rotatable bonds is 22. The molecule has 0 aromatic heterocycles. The van der Waals surface area contributed by atoms with Crippen LogP contribution in [-0.4, -0.2) is 197 Å². The second-order valence-electron chi connectivity index (χ2n) is 9.35. The van der Waals surface area contributed by atoms with E-state index < -0.39 is 98.4 Å². The fourth-order valence-corrected chi connectivity index (χ4v) is 3.16. The number of aliphatic carboxylic acids is 2. The van der Waals surface area contributed by atoms with Gasteiger partial charge in [0.2, 0.25) is 0 Å². The standard InChI is InChI=1S/2C12H24O9.Sn/c2*1-2-3-4-21-11(12(19)20)10(18)9(17)8(16)7(15)6(14)5-13;/h2*6-11,13-18H,2-5H2,1H3,(H,19,20);/q;;+2/p-2. The van der Waals surface area contributed by atoms with Crippen LogP contribution in [0.5, 0.6) is 0 Å². The number of aliphatic hydroxyl groups excluding tert-OH is 12. The van der Waals surface area contributed by atoms with E-state index in [9.17, 15) is 60.7 Å². The summed E-state index contributed by atoms with van der Waals surface area (Å²) in [7, 11) is 0. The van der Waals surface area contributed by atoms with Gasteiger partial charge in [-0.15, -0.1) is 0 Å². The summed E-state index contributed by atoms with van der Waals surface area (Å²) in [5.41, 5.74) is 0. The maximum absolute atomic E-state index is 10.9. The Kier molecular flexibility index (Phi) is 27.5. The Morgan fingerprint density at radius 3 is 1.00 bits per heavy atom. The molecule has 0 heterocycles. The van der Waals surface area contributed by atoms with Gasteiger partial charge in [0, 0.05) is 13.2 Å². The largest absolute Gasteiger partial charge is 2.00 e. The van der Waals surface area contributed by atoms with Crippen LogP contribution < -0.4 is 10.2 Å². The van der Waals surface area contributed by atoms with E-state index in [1.807, 2.05) is 13.8 Å². The van der Waals surface area contributed by atoms with E-state index >= 15 is 0 Å². The van der Waals surface area contributed by atoms with E-state index in [0.29, 0.717) is 25.7 Å². The molecule has 12 unspecified atom stereocenters. The van der Waals surface area contributed by atoms with Gasteiger partial charge < -0.3 is 90.6 Å². The van der Waals surface area contributed by atoms with E-state index in [1.54, 1.807) is 0 Å². The molecule has 18 nitrogen and oxygen atoms in total. The monoisotopic (exact) mass is 742 g/mol. The number of carbonyl (C=O) groups excluding carboxylic acids is 2. The minimum Gasteiger partial charge on any atom is -0.547 e. The zero-order valence-electron chi connectivity index (χ0n) is 23.9. The van der Waals surface area contributed by atoms with E-state index in [-0.39, 0.29) is 37.1 Å². The van der Waals surface area contributed by atoms with Crippen molar-refractivity contribution in [1.29, 1.82) is 0 Å². The zero-order valence-corrected chi connectivity index (χ0v) is 26.8. The van der Waals surface area contributed by atoms with Crippen LogP contribution in [0.25, 0.3) is 0 Å². The summed E-state index contributed by atoms with van der Waals surface area (Å²) < 4.78 is 9.73. The number of hydrogen-bond acceptors (Lipinski definition) is 18. The number of ether oxygens (including phenoxy) is 2. The number of hydrogen-bond donors (Lipinski definition) is 12. The molecule has 0 amide bonds. The Hall–Kier alpha value is -0.821. The minimum atomic E-state index is -2.12. The molecule has 0 aliphatic carbocycles. The number of aliphatic hydroxyl groups is 12. The van der Waals surface area contributed by atoms with Crippen molar-refractivity contribution in [2.75, 3.05) is 26.4 Å². The van der Waals surface area contributed by atoms with Crippen LogP contribution in [0.3, 0.4) is 0 Å². The topological polar surface area (TPSA) is 341 Å². The number of carboxylic acids is 2. The third-order valence-electron chi connectivity index (χ3n) is 5.94. The number of carboxylic acid groups (broad SMARTS) is 2. The van der Waals surface area contributed by atoms with Gasteiger partial charge in [-0.25, -0.2) is 0 Å². The van der Waals surface area contributed by atoms with Gasteiger partial charge in [-0.05, 0) is 12.8 Å². The van der Waals surface area contributed by atoms with Crippen molar-refractivity contribution in [2.24, 2.45) is 0 Å². The molecule has 0 rings (SSSR count). The second kappa shape index (κ2) is 25.4. The van der Waals surface area contributed by atoms with Gasteiger partial charge in [-0.3, -0.25) is 0 Å². The number of unbranched alkanes of at least 4 members (excludes halogenated alkanes) is 2. The minimum absolute atomic E-state index is 0. The molecule has 12 atom stereocenters. The van der Waals surface area contributed by atoms with E-state index in [2.05, 4.69) is 0 Å². The van der Waals surface area contributed by atoms with Gasteiger partial charge >= 0.3 is 23.9 Å². The predicted octanol–water partition coefficient (Wildman–Crippen LogP) is -8.94. The fourth-order valence-electron chi connectivity index (χ4n) is 3.16. The summed E-state index contributed by atoms with van der Waals surface area (Å²) >= 11 is 0. The maximum atomic E-state index is 10.9. The van der Waals surface area contributed by atoms with Crippen LogP contribution in [0.2, 0.25) is 0 Å². The third kappa shape index (κ3) is 16.9. The first-order chi connectivity index (χ1) is 19.5. The molecule has 0 aromatic rings. The first-order valence-electron chi connectivity index (χ1n) is 13.2. The molecule has 43 heavy (non-hydrogen) atoms. The van der Waals surface area contributed by atoms with E-state index in [1.165, 1.54) is 0 Å². The smallest absolute Gasteiger partial charge is 0.547 e. The van der Waals surface area contributed by atoms with E-state index in [0.717, 1.165) is 0 Å². The molecular weight excluding hydrogens is 695 g/mol. The van der Waals surface area contributed by atoms with Crippen LogP contribution in [0, 0.1) is 0 Å². The molecule has 0 spiro atoms. The van der Waals surface area contributed by atoms with Crippen LogP contribution in [-0.2, 0) is 19.1 Å².